The Labute approximate surface area is 136 Å². The molecule has 0 bridgehead atoms. The van der Waals surface area contributed by atoms with Crippen LogP contribution in [-0.4, -0.2) is 33.5 Å². The second-order valence-electron chi connectivity index (χ2n) is 5.24. The Hall–Kier alpha value is -1.50. The van der Waals surface area contributed by atoms with E-state index in [2.05, 4.69) is 11.8 Å². The van der Waals surface area contributed by atoms with Crippen LogP contribution in [0, 0.1) is 0 Å². The van der Waals surface area contributed by atoms with Gasteiger partial charge in [-0.2, -0.15) is 0 Å². The van der Waals surface area contributed by atoms with E-state index >= 15 is 0 Å². The molecule has 1 N–H and O–H groups in total. The highest BCUT2D eigenvalue weighted by molar-refractivity contribution is 7.84. The molecule has 1 aromatic carbocycles. The Morgan fingerprint density at radius 3 is 2.50 bits per heavy atom. The minimum Gasteiger partial charge on any atom is -0.477 e. The first-order chi connectivity index (χ1) is 10.4. The van der Waals surface area contributed by atoms with Crippen molar-refractivity contribution in [2.75, 3.05) is 13.3 Å². The standard InChI is InChI=1S/C16H19NO3S2/c1-11(13-4-6-14(7-5-13)22(3)20)17(2)9-12-8-15(16(18)19)21-10-12/h4-8,10-11H,9H2,1-3H3,(H,18,19). The summed E-state index contributed by atoms with van der Waals surface area (Å²) in [6, 6.07) is 9.68. The molecule has 0 spiro atoms. The van der Waals surface area contributed by atoms with Gasteiger partial charge in [-0.05, 0) is 48.7 Å². The Kier molecular flexibility index (Phi) is 5.50. The quantitative estimate of drug-likeness (QED) is 0.878. The van der Waals surface area contributed by atoms with Crippen LogP contribution in [-0.2, 0) is 17.3 Å². The minimum atomic E-state index is -0.962. The van der Waals surface area contributed by atoms with E-state index in [0.717, 1.165) is 16.0 Å². The molecular formula is C16H19NO3S2. The number of aromatic carboxylic acids is 1. The zero-order chi connectivity index (χ0) is 16.3. The van der Waals surface area contributed by atoms with Crippen LogP contribution in [0.4, 0.5) is 0 Å². The molecule has 1 heterocycles. The number of rotatable bonds is 6. The summed E-state index contributed by atoms with van der Waals surface area (Å²) in [4.78, 5) is 14.3. The van der Waals surface area contributed by atoms with E-state index in [4.69, 9.17) is 5.11 Å². The molecule has 2 unspecified atom stereocenters. The van der Waals surface area contributed by atoms with Crippen molar-refractivity contribution in [2.24, 2.45) is 0 Å². The normalized spacial score (nSPS) is 14.0. The Morgan fingerprint density at radius 1 is 1.36 bits per heavy atom. The molecule has 22 heavy (non-hydrogen) atoms. The van der Waals surface area contributed by atoms with E-state index in [1.165, 1.54) is 11.3 Å². The van der Waals surface area contributed by atoms with Crippen molar-refractivity contribution in [3.63, 3.8) is 0 Å². The molecule has 4 nitrogen and oxygen atoms in total. The van der Waals surface area contributed by atoms with Crippen molar-refractivity contribution in [1.29, 1.82) is 0 Å². The Morgan fingerprint density at radius 2 is 2.00 bits per heavy atom. The van der Waals surface area contributed by atoms with Gasteiger partial charge in [0, 0.05) is 34.5 Å². The summed E-state index contributed by atoms with van der Waals surface area (Å²) in [7, 11) is 1.05. The van der Waals surface area contributed by atoms with Crippen molar-refractivity contribution in [1.82, 2.24) is 4.90 Å². The maximum Gasteiger partial charge on any atom is 0.345 e. The van der Waals surface area contributed by atoms with Crippen LogP contribution in [0.25, 0.3) is 0 Å². The molecule has 6 heteroatoms. The second-order valence-corrected chi connectivity index (χ2v) is 7.53. The molecule has 0 amide bonds. The van der Waals surface area contributed by atoms with Gasteiger partial charge in [0.15, 0.2) is 0 Å². The molecule has 0 saturated carbocycles. The van der Waals surface area contributed by atoms with Gasteiger partial charge in [-0.3, -0.25) is 9.11 Å². The first-order valence-electron chi connectivity index (χ1n) is 6.83. The van der Waals surface area contributed by atoms with Gasteiger partial charge in [0.05, 0.1) is 0 Å². The van der Waals surface area contributed by atoms with E-state index in [-0.39, 0.29) is 6.04 Å². The molecule has 0 aliphatic heterocycles. The van der Waals surface area contributed by atoms with Crippen LogP contribution in [0.3, 0.4) is 0 Å². The number of hydrogen-bond donors (Lipinski definition) is 1. The lowest BCUT2D eigenvalue weighted by Gasteiger charge is -2.24. The number of thiophene rings is 1. The van der Waals surface area contributed by atoms with Crippen molar-refractivity contribution in [2.45, 2.75) is 24.4 Å². The molecule has 0 radical (unpaired) electrons. The number of carboxylic acid groups (broad SMARTS) is 1. The molecule has 0 saturated heterocycles. The molecule has 1 aromatic heterocycles. The molecule has 2 rings (SSSR count). The first-order valence-corrected chi connectivity index (χ1v) is 9.26. The SMILES string of the molecule is CC(c1ccc(S(C)=O)cc1)N(C)Cc1csc(C(=O)O)c1. The summed E-state index contributed by atoms with van der Waals surface area (Å²) < 4.78 is 11.4. The summed E-state index contributed by atoms with van der Waals surface area (Å²) in [6.45, 7) is 2.79. The minimum absolute atomic E-state index is 0.188. The number of hydrogen-bond acceptors (Lipinski definition) is 4. The summed E-state index contributed by atoms with van der Waals surface area (Å²) >= 11 is 1.25. The van der Waals surface area contributed by atoms with E-state index in [0.29, 0.717) is 11.4 Å². The highest BCUT2D eigenvalue weighted by Gasteiger charge is 2.14. The van der Waals surface area contributed by atoms with Crippen LogP contribution in [0.15, 0.2) is 40.6 Å². The molecule has 2 aromatic rings. The largest absolute Gasteiger partial charge is 0.477 e. The van der Waals surface area contributed by atoms with Gasteiger partial charge >= 0.3 is 5.97 Å². The first kappa shape index (κ1) is 16.9. The van der Waals surface area contributed by atoms with E-state index in [9.17, 15) is 9.00 Å². The zero-order valence-electron chi connectivity index (χ0n) is 12.8. The van der Waals surface area contributed by atoms with Crippen LogP contribution < -0.4 is 0 Å². The van der Waals surface area contributed by atoms with Crippen LogP contribution in [0.5, 0.6) is 0 Å². The number of nitrogens with zero attached hydrogens (tertiary/aromatic N) is 1. The molecule has 0 aliphatic carbocycles. The van der Waals surface area contributed by atoms with Gasteiger partial charge in [0.1, 0.15) is 4.88 Å². The monoisotopic (exact) mass is 337 g/mol. The fourth-order valence-electron chi connectivity index (χ4n) is 2.19. The molecule has 0 aliphatic rings. The van der Waals surface area contributed by atoms with Gasteiger partial charge in [-0.25, -0.2) is 4.79 Å². The van der Waals surface area contributed by atoms with E-state index < -0.39 is 16.8 Å². The lowest BCUT2D eigenvalue weighted by molar-refractivity contribution is 0.0702. The van der Waals surface area contributed by atoms with Gasteiger partial charge in [0.2, 0.25) is 0 Å². The van der Waals surface area contributed by atoms with E-state index in [1.807, 2.05) is 36.7 Å². The third kappa shape index (κ3) is 4.03. The van der Waals surface area contributed by atoms with Crippen molar-refractivity contribution in [3.8, 4) is 0 Å². The van der Waals surface area contributed by atoms with Gasteiger partial charge in [0.25, 0.3) is 0 Å². The van der Waals surface area contributed by atoms with E-state index in [1.54, 1.807) is 12.3 Å². The molecule has 0 fully saturated rings. The van der Waals surface area contributed by atoms with Gasteiger partial charge in [-0.1, -0.05) is 12.1 Å². The van der Waals surface area contributed by atoms with Crippen LogP contribution in [0.2, 0.25) is 0 Å². The summed E-state index contributed by atoms with van der Waals surface area (Å²) in [5, 5.41) is 10.8. The lowest BCUT2D eigenvalue weighted by Crippen LogP contribution is -2.21. The number of benzene rings is 1. The van der Waals surface area contributed by atoms with Crippen LogP contribution >= 0.6 is 11.3 Å². The predicted molar refractivity (Wildman–Crippen MR) is 89.9 cm³/mol. The summed E-state index contributed by atoms with van der Waals surface area (Å²) in [6.07, 6.45) is 1.67. The number of carboxylic acids is 1. The third-order valence-corrected chi connectivity index (χ3v) is 5.56. The smallest absolute Gasteiger partial charge is 0.345 e. The topological polar surface area (TPSA) is 57.6 Å². The molecular weight excluding hydrogens is 318 g/mol. The predicted octanol–water partition coefficient (Wildman–Crippen LogP) is 3.38. The highest BCUT2D eigenvalue weighted by Crippen LogP contribution is 2.23. The second kappa shape index (κ2) is 7.17. The Balaban J connectivity index is 2.05. The maximum absolute atomic E-state index is 11.4. The summed E-state index contributed by atoms with van der Waals surface area (Å²) in [5.74, 6) is -0.880. The highest BCUT2D eigenvalue weighted by atomic mass is 32.2. The van der Waals surface area contributed by atoms with Gasteiger partial charge in [-0.15, -0.1) is 11.3 Å². The maximum atomic E-state index is 11.4. The van der Waals surface area contributed by atoms with Crippen molar-refractivity contribution >= 4 is 28.1 Å². The molecule has 118 valence electrons. The Bertz CT molecular complexity index is 679. The average molecular weight is 337 g/mol. The fourth-order valence-corrected chi connectivity index (χ4v) is 3.45. The zero-order valence-corrected chi connectivity index (χ0v) is 14.4. The molecule has 2 atom stereocenters. The third-order valence-electron chi connectivity index (χ3n) is 3.65. The van der Waals surface area contributed by atoms with Gasteiger partial charge < -0.3 is 5.11 Å². The van der Waals surface area contributed by atoms with Crippen molar-refractivity contribution < 1.29 is 14.1 Å². The lowest BCUT2D eigenvalue weighted by atomic mass is 10.1. The fraction of sp³-hybridized carbons (Fsp3) is 0.312. The summed E-state index contributed by atoms with van der Waals surface area (Å²) in [5.41, 5.74) is 2.15. The van der Waals surface area contributed by atoms with Crippen LogP contribution in [0.1, 0.15) is 33.8 Å². The van der Waals surface area contributed by atoms with Crippen molar-refractivity contribution in [3.05, 3.63) is 51.7 Å². The number of carbonyl (C=O) groups is 1. The average Bonchev–Trinajstić information content (AvgIpc) is 2.95.